The number of nitrogens with zero attached hydrogens (tertiary/aromatic N) is 1. The van der Waals surface area contributed by atoms with Crippen molar-refractivity contribution in [2.75, 3.05) is 32.1 Å². The number of rotatable bonds is 1. The minimum Gasteiger partial charge on any atom is -0.469 e. The average molecular weight is 311 g/mol. The maximum atomic E-state index is 12.1. The SMILES string of the molecule is O=S1(=O)CC(N2CCOCC2)C2=C(O1)c1ccoc1CC2. The highest BCUT2D eigenvalue weighted by Crippen LogP contribution is 2.40. The second-order valence-electron chi connectivity index (χ2n) is 5.58. The Kier molecular flexibility index (Phi) is 3.09. The number of hydrogen-bond acceptors (Lipinski definition) is 6. The van der Waals surface area contributed by atoms with Crippen LogP contribution in [0, 0.1) is 0 Å². The van der Waals surface area contributed by atoms with E-state index in [1.54, 1.807) is 12.3 Å². The molecule has 0 radical (unpaired) electrons. The van der Waals surface area contributed by atoms with E-state index in [9.17, 15) is 8.42 Å². The van der Waals surface area contributed by atoms with Crippen LogP contribution in [0.15, 0.2) is 22.3 Å². The van der Waals surface area contributed by atoms with Gasteiger partial charge < -0.3 is 13.3 Å². The molecule has 7 heteroatoms. The predicted octanol–water partition coefficient (Wildman–Crippen LogP) is 0.998. The van der Waals surface area contributed by atoms with Gasteiger partial charge in [-0.15, -0.1) is 0 Å². The van der Waals surface area contributed by atoms with Crippen LogP contribution in [0.4, 0.5) is 0 Å². The Morgan fingerprint density at radius 3 is 2.81 bits per heavy atom. The van der Waals surface area contributed by atoms with E-state index in [0.29, 0.717) is 19.0 Å². The van der Waals surface area contributed by atoms with Crippen LogP contribution in [0.25, 0.3) is 5.76 Å². The molecular formula is C14H17NO5S. The molecule has 0 amide bonds. The third-order valence-electron chi connectivity index (χ3n) is 4.36. The molecule has 0 aromatic carbocycles. The Balaban J connectivity index is 1.78. The summed E-state index contributed by atoms with van der Waals surface area (Å²) in [6, 6.07) is 1.69. The van der Waals surface area contributed by atoms with Crippen molar-refractivity contribution in [1.29, 1.82) is 0 Å². The van der Waals surface area contributed by atoms with Crippen molar-refractivity contribution in [3.63, 3.8) is 0 Å². The van der Waals surface area contributed by atoms with Gasteiger partial charge in [0.2, 0.25) is 0 Å². The fraction of sp³-hybridized carbons (Fsp3) is 0.571. The molecule has 114 valence electrons. The lowest BCUT2D eigenvalue weighted by Gasteiger charge is -2.39. The van der Waals surface area contributed by atoms with Crippen molar-refractivity contribution in [3.05, 3.63) is 29.2 Å². The Labute approximate surface area is 123 Å². The van der Waals surface area contributed by atoms with E-state index in [0.717, 1.165) is 42.8 Å². The summed E-state index contributed by atoms with van der Waals surface area (Å²) in [5.74, 6) is 1.33. The van der Waals surface area contributed by atoms with Crippen LogP contribution in [0.5, 0.6) is 0 Å². The molecule has 0 N–H and O–H groups in total. The number of hydrogen-bond donors (Lipinski definition) is 0. The van der Waals surface area contributed by atoms with Gasteiger partial charge in [0.25, 0.3) is 0 Å². The van der Waals surface area contributed by atoms with Gasteiger partial charge in [0.15, 0.2) is 5.76 Å². The highest BCUT2D eigenvalue weighted by atomic mass is 32.2. The molecule has 1 aromatic rings. The van der Waals surface area contributed by atoms with E-state index in [1.165, 1.54) is 0 Å². The molecule has 3 aliphatic rings. The highest BCUT2D eigenvalue weighted by Gasteiger charge is 2.40. The molecule has 1 aliphatic carbocycles. The van der Waals surface area contributed by atoms with Gasteiger partial charge in [-0.05, 0) is 18.1 Å². The van der Waals surface area contributed by atoms with Gasteiger partial charge >= 0.3 is 10.1 Å². The number of fused-ring (bicyclic) bond motifs is 2. The van der Waals surface area contributed by atoms with Gasteiger partial charge in [0, 0.05) is 19.5 Å². The van der Waals surface area contributed by atoms with Crippen LogP contribution < -0.4 is 0 Å². The largest absolute Gasteiger partial charge is 0.469 e. The smallest absolute Gasteiger partial charge is 0.311 e. The Hall–Kier alpha value is -1.31. The molecule has 1 fully saturated rings. The normalized spacial score (nSPS) is 28.7. The molecule has 4 rings (SSSR count). The van der Waals surface area contributed by atoms with Gasteiger partial charge in [-0.1, -0.05) is 0 Å². The third kappa shape index (κ3) is 2.29. The highest BCUT2D eigenvalue weighted by molar-refractivity contribution is 7.87. The third-order valence-corrected chi connectivity index (χ3v) is 5.51. The van der Waals surface area contributed by atoms with Crippen molar-refractivity contribution in [2.45, 2.75) is 18.9 Å². The number of morpholine rings is 1. The van der Waals surface area contributed by atoms with Crippen LogP contribution in [0.2, 0.25) is 0 Å². The van der Waals surface area contributed by atoms with Gasteiger partial charge in [0.05, 0.1) is 31.1 Å². The lowest BCUT2D eigenvalue weighted by atomic mass is 9.91. The summed E-state index contributed by atoms with van der Waals surface area (Å²) >= 11 is 0. The van der Waals surface area contributed by atoms with Crippen molar-refractivity contribution in [2.24, 2.45) is 0 Å². The number of ether oxygens (including phenoxy) is 1. The van der Waals surface area contributed by atoms with Crippen LogP contribution in [0.3, 0.4) is 0 Å². The standard InChI is InChI=1S/C14H17NO5S/c16-21(17)9-12(15-4-7-18-8-5-15)10-1-2-13-11(3-6-19-13)14(10)20-21/h3,6,12H,1-2,4-5,7-9H2. The van der Waals surface area contributed by atoms with Crippen LogP contribution >= 0.6 is 0 Å². The van der Waals surface area contributed by atoms with Gasteiger partial charge in [0.1, 0.15) is 11.5 Å². The topological polar surface area (TPSA) is 69.0 Å². The zero-order valence-electron chi connectivity index (χ0n) is 11.6. The zero-order valence-corrected chi connectivity index (χ0v) is 12.4. The molecule has 0 spiro atoms. The summed E-state index contributed by atoms with van der Waals surface area (Å²) in [5, 5.41) is 0. The second kappa shape index (κ2) is 4.86. The molecule has 1 atom stereocenters. The second-order valence-corrected chi connectivity index (χ2v) is 7.20. The first-order valence-electron chi connectivity index (χ1n) is 7.18. The first-order chi connectivity index (χ1) is 10.1. The first kappa shape index (κ1) is 13.4. The van der Waals surface area contributed by atoms with E-state index in [4.69, 9.17) is 13.3 Å². The van der Waals surface area contributed by atoms with Crippen molar-refractivity contribution >= 4 is 15.9 Å². The quantitative estimate of drug-likeness (QED) is 0.721. The summed E-state index contributed by atoms with van der Waals surface area (Å²) in [5.41, 5.74) is 1.87. The summed E-state index contributed by atoms with van der Waals surface area (Å²) in [6.45, 7) is 2.82. The van der Waals surface area contributed by atoms with Gasteiger partial charge in [-0.25, -0.2) is 0 Å². The molecule has 21 heavy (non-hydrogen) atoms. The molecular weight excluding hydrogens is 294 g/mol. The summed E-state index contributed by atoms with van der Waals surface area (Å²) < 4.78 is 40.4. The first-order valence-corrected chi connectivity index (χ1v) is 8.75. The fourth-order valence-electron chi connectivity index (χ4n) is 3.36. The Morgan fingerprint density at radius 2 is 2.00 bits per heavy atom. The molecule has 2 aliphatic heterocycles. The maximum absolute atomic E-state index is 12.1. The summed E-state index contributed by atoms with van der Waals surface area (Å²) in [4.78, 5) is 2.20. The van der Waals surface area contributed by atoms with Crippen molar-refractivity contribution < 1.29 is 21.8 Å². The van der Waals surface area contributed by atoms with Crippen molar-refractivity contribution in [1.82, 2.24) is 4.90 Å². The van der Waals surface area contributed by atoms with E-state index in [-0.39, 0.29) is 11.8 Å². The van der Waals surface area contributed by atoms with Gasteiger partial charge in [-0.2, -0.15) is 8.42 Å². The van der Waals surface area contributed by atoms with E-state index < -0.39 is 10.1 Å². The molecule has 1 aromatic heterocycles. The summed E-state index contributed by atoms with van der Waals surface area (Å²) in [7, 11) is -3.55. The van der Waals surface area contributed by atoms with E-state index in [2.05, 4.69) is 4.90 Å². The van der Waals surface area contributed by atoms with Crippen molar-refractivity contribution in [3.8, 4) is 0 Å². The van der Waals surface area contributed by atoms with Gasteiger partial charge in [-0.3, -0.25) is 4.90 Å². The Bertz CT molecular complexity index is 684. The van der Waals surface area contributed by atoms with E-state index in [1.807, 2.05) is 0 Å². The molecule has 0 bridgehead atoms. The van der Waals surface area contributed by atoms with Crippen LogP contribution in [0.1, 0.15) is 17.7 Å². The fourth-order valence-corrected chi connectivity index (χ4v) is 4.67. The zero-order chi connectivity index (χ0) is 14.4. The summed E-state index contributed by atoms with van der Waals surface area (Å²) in [6.07, 6.45) is 3.17. The number of furan rings is 1. The average Bonchev–Trinajstić information content (AvgIpc) is 2.95. The monoisotopic (exact) mass is 311 g/mol. The Morgan fingerprint density at radius 1 is 1.19 bits per heavy atom. The number of aryl methyl sites for hydroxylation is 1. The lowest BCUT2D eigenvalue weighted by molar-refractivity contribution is 0.0257. The molecule has 1 unspecified atom stereocenters. The maximum Gasteiger partial charge on any atom is 0.311 e. The molecule has 3 heterocycles. The predicted molar refractivity (Wildman–Crippen MR) is 75.0 cm³/mol. The van der Waals surface area contributed by atoms with Crippen LogP contribution in [-0.2, 0) is 25.5 Å². The van der Waals surface area contributed by atoms with Crippen LogP contribution in [-0.4, -0.2) is 51.4 Å². The lowest BCUT2D eigenvalue weighted by Crippen LogP contribution is -2.49. The molecule has 0 saturated carbocycles. The minimum atomic E-state index is -3.55. The molecule has 1 saturated heterocycles. The molecule has 6 nitrogen and oxygen atoms in total. The van der Waals surface area contributed by atoms with E-state index >= 15 is 0 Å². The minimum absolute atomic E-state index is 0.0268.